The third-order valence-corrected chi connectivity index (χ3v) is 4.84. The van der Waals surface area contributed by atoms with E-state index < -0.39 is 0 Å². The van der Waals surface area contributed by atoms with E-state index in [0.29, 0.717) is 5.25 Å². The molecule has 1 heterocycles. The van der Waals surface area contributed by atoms with E-state index in [9.17, 15) is 0 Å². The predicted octanol–water partition coefficient (Wildman–Crippen LogP) is 2.42. The molecule has 4 nitrogen and oxygen atoms in total. The molecular formula is C14H21N3OS. The molecule has 1 aromatic rings. The van der Waals surface area contributed by atoms with Crippen LogP contribution in [0.15, 0.2) is 23.4 Å². The summed E-state index contributed by atoms with van der Waals surface area (Å²) in [7, 11) is 0. The lowest BCUT2D eigenvalue weighted by Gasteiger charge is -2.35. The first-order valence-corrected chi connectivity index (χ1v) is 7.65. The number of nitrogens with zero attached hydrogens (tertiary/aromatic N) is 2. The zero-order valence-corrected chi connectivity index (χ0v) is 12.3. The van der Waals surface area contributed by atoms with Gasteiger partial charge in [0, 0.05) is 35.3 Å². The molecule has 1 aliphatic heterocycles. The number of amidine groups is 1. The number of aryl methyl sites for hydroxylation is 1. The summed E-state index contributed by atoms with van der Waals surface area (Å²) in [5.74, 6) is 1.31. The van der Waals surface area contributed by atoms with E-state index in [2.05, 4.69) is 30.0 Å². The second kappa shape index (κ2) is 6.19. The molecule has 0 amide bonds. The van der Waals surface area contributed by atoms with Crippen LogP contribution in [0.1, 0.15) is 24.5 Å². The maximum absolute atomic E-state index is 8.92. The minimum atomic E-state index is 0.182. The van der Waals surface area contributed by atoms with Gasteiger partial charge in [0.05, 0.1) is 0 Å². The van der Waals surface area contributed by atoms with Crippen LogP contribution < -0.4 is 10.6 Å². The SMILES string of the molecule is CCC1CN(c2cc(C)ccc2/C(N)=N/O)CCS1. The Kier molecular flexibility index (Phi) is 4.58. The van der Waals surface area contributed by atoms with Crippen molar-refractivity contribution < 1.29 is 5.21 Å². The first-order chi connectivity index (χ1) is 9.15. The smallest absolute Gasteiger partial charge is 0.172 e. The second-order valence-corrected chi connectivity index (χ2v) is 6.26. The molecule has 0 aromatic heterocycles. The van der Waals surface area contributed by atoms with E-state index in [1.54, 1.807) is 0 Å². The Hall–Kier alpha value is -1.36. The van der Waals surface area contributed by atoms with Crippen molar-refractivity contribution in [2.75, 3.05) is 23.7 Å². The van der Waals surface area contributed by atoms with Crippen molar-refractivity contribution in [2.24, 2.45) is 10.9 Å². The van der Waals surface area contributed by atoms with Crippen LogP contribution >= 0.6 is 11.8 Å². The molecule has 0 radical (unpaired) electrons. The topological polar surface area (TPSA) is 61.8 Å². The van der Waals surface area contributed by atoms with Crippen molar-refractivity contribution in [1.29, 1.82) is 0 Å². The van der Waals surface area contributed by atoms with E-state index in [-0.39, 0.29) is 5.84 Å². The molecule has 0 aliphatic carbocycles. The maximum atomic E-state index is 8.92. The van der Waals surface area contributed by atoms with Crippen molar-refractivity contribution in [1.82, 2.24) is 0 Å². The second-order valence-electron chi connectivity index (χ2n) is 4.85. The van der Waals surface area contributed by atoms with Gasteiger partial charge >= 0.3 is 0 Å². The van der Waals surface area contributed by atoms with Crippen LogP contribution in [0.25, 0.3) is 0 Å². The molecule has 1 saturated heterocycles. The molecule has 1 fully saturated rings. The first-order valence-electron chi connectivity index (χ1n) is 6.60. The van der Waals surface area contributed by atoms with Gasteiger partial charge in [-0.2, -0.15) is 11.8 Å². The quantitative estimate of drug-likeness (QED) is 0.386. The van der Waals surface area contributed by atoms with Crippen LogP contribution in [0.2, 0.25) is 0 Å². The summed E-state index contributed by atoms with van der Waals surface area (Å²) in [5.41, 5.74) is 8.87. The van der Waals surface area contributed by atoms with Gasteiger partial charge in [0.25, 0.3) is 0 Å². The molecule has 2 rings (SSSR count). The average molecular weight is 279 g/mol. The van der Waals surface area contributed by atoms with Crippen molar-refractivity contribution in [2.45, 2.75) is 25.5 Å². The Labute approximate surface area is 118 Å². The van der Waals surface area contributed by atoms with E-state index in [0.717, 1.165) is 30.1 Å². The summed E-state index contributed by atoms with van der Waals surface area (Å²) in [6.45, 7) is 6.32. The summed E-state index contributed by atoms with van der Waals surface area (Å²) in [5, 5.41) is 12.7. The van der Waals surface area contributed by atoms with E-state index in [4.69, 9.17) is 10.9 Å². The minimum absolute atomic E-state index is 0.182. The van der Waals surface area contributed by atoms with Crippen LogP contribution in [-0.2, 0) is 0 Å². The summed E-state index contributed by atoms with van der Waals surface area (Å²) >= 11 is 2.03. The molecule has 3 N–H and O–H groups in total. The van der Waals surface area contributed by atoms with Gasteiger partial charge in [-0.1, -0.05) is 18.1 Å². The minimum Gasteiger partial charge on any atom is -0.409 e. The molecule has 1 atom stereocenters. The number of hydrogen-bond donors (Lipinski definition) is 2. The summed E-state index contributed by atoms with van der Waals surface area (Å²) in [4.78, 5) is 2.35. The van der Waals surface area contributed by atoms with E-state index >= 15 is 0 Å². The first kappa shape index (κ1) is 14.1. The Bertz CT molecular complexity index is 476. The molecule has 19 heavy (non-hydrogen) atoms. The Morgan fingerprint density at radius 1 is 1.58 bits per heavy atom. The number of thioether (sulfide) groups is 1. The summed E-state index contributed by atoms with van der Waals surface area (Å²) < 4.78 is 0. The van der Waals surface area contributed by atoms with Crippen LogP contribution in [0.3, 0.4) is 0 Å². The molecule has 1 unspecified atom stereocenters. The van der Waals surface area contributed by atoms with Crippen molar-refractivity contribution >= 4 is 23.3 Å². The van der Waals surface area contributed by atoms with Gasteiger partial charge < -0.3 is 15.8 Å². The third kappa shape index (κ3) is 3.15. The lowest BCUT2D eigenvalue weighted by atomic mass is 10.1. The fourth-order valence-electron chi connectivity index (χ4n) is 2.36. The normalized spacial score (nSPS) is 20.6. The highest BCUT2D eigenvalue weighted by molar-refractivity contribution is 8.00. The van der Waals surface area contributed by atoms with Crippen LogP contribution in [0.4, 0.5) is 5.69 Å². The van der Waals surface area contributed by atoms with Gasteiger partial charge in [-0.25, -0.2) is 0 Å². The number of oxime groups is 1. The number of nitrogens with two attached hydrogens (primary N) is 1. The number of rotatable bonds is 3. The van der Waals surface area contributed by atoms with Gasteiger partial charge in [0.15, 0.2) is 5.84 Å². The number of hydrogen-bond acceptors (Lipinski definition) is 4. The fraction of sp³-hybridized carbons (Fsp3) is 0.500. The van der Waals surface area contributed by atoms with Crippen LogP contribution in [0.5, 0.6) is 0 Å². The summed E-state index contributed by atoms with van der Waals surface area (Å²) in [6, 6.07) is 6.05. The van der Waals surface area contributed by atoms with Crippen LogP contribution in [-0.4, -0.2) is 35.1 Å². The van der Waals surface area contributed by atoms with Crippen molar-refractivity contribution in [3.63, 3.8) is 0 Å². The van der Waals surface area contributed by atoms with Gasteiger partial charge in [0.1, 0.15) is 0 Å². The molecule has 0 saturated carbocycles. The third-order valence-electron chi connectivity index (χ3n) is 3.47. The molecular weight excluding hydrogens is 258 g/mol. The maximum Gasteiger partial charge on any atom is 0.172 e. The highest BCUT2D eigenvalue weighted by atomic mass is 32.2. The molecule has 0 spiro atoms. The highest BCUT2D eigenvalue weighted by Crippen LogP contribution is 2.29. The average Bonchev–Trinajstić information content (AvgIpc) is 2.46. The molecule has 1 aromatic carbocycles. The molecule has 1 aliphatic rings. The lowest BCUT2D eigenvalue weighted by molar-refractivity contribution is 0.318. The Morgan fingerprint density at radius 3 is 3.05 bits per heavy atom. The molecule has 5 heteroatoms. The van der Waals surface area contributed by atoms with Crippen molar-refractivity contribution in [3.8, 4) is 0 Å². The number of benzene rings is 1. The van der Waals surface area contributed by atoms with E-state index in [1.165, 1.54) is 12.0 Å². The van der Waals surface area contributed by atoms with Gasteiger partial charge in [-0.15, -0.1) is 0 Å². The van der Waals surface area contributed by atoms with Gasteiger partial charge in [-0.3, -0.25) is 0 Å². The zero-order valence-electron chi connectivity index (χ0n) is 11.5. The highest BCUT2D eigenvalue weighted by Gasteiger charge is 2.22. The Balaban J connectivity index is 2.34. The largest absolute Gasteiger partial charge is 0.409 e. The van der Waals surface area contributed by atoms with E-state index in [1.807, 2.05) is 23.9 Å². The predicted molar refractivity (Wildman–Crippen MR) is 82.4 cm³/mol. The van der Waals surface area contributed by atoms with Crippen molar-refractivity contribution in [3.05, 3.63) is 29.3 Å². The zero-order chi connectivity index (χ0) is 13.8. The standard InChI is InChI=1S/C14H21N3OS/c1-3-11-9-17(6-7-19-11)13-8-10(2)4-5-12(13)14(15)16-18/h4-5,8,11,18H,3,6-7,9H2,1-2H3,(H2,15,16). The number of anilines is 1. The summed E-state index contributed by atoms with van der Waals surface area (Å²) in [6.07, 6.45) is 1.17. The van der Waals surface area contributed by atoms with Gasteiger partial charge in [0.2, 0.25) is 0 Å². The van der Waals surface area contributed by atoms with Crippen LogP contribution in [0, 0.1) is 6.92 Å². The fourth-order valence-corrected chi connectivity index (χ4v) is 3.54. The lowest BCUT2D eigenvalue weighted by Crippen LogP contribution is -2.38. The van der Waals surface area contributed by atoms with Gasteiger partial charge in [-0.05, 0) is 31.0 Å². The monoisotopic (exact) mass is 279 g/mol. The molecule has 104 valence electrons. The Morgan fingerprint density at radius 2 is 2.37 bits per heavy atom. The molecule has 0 bridgehead atoms.